The second-order valence-corrected chi connectivity index (χ2v) is 2.43. The number of hydrogen-bond acceptors (Lipinski definition) is 3. The number of rotatable bonds is 1. The van der Waals surface area contributed by atoms with Gasteiger partial charge < -0.3 is 0 Å². The Morgan fingerprint density at radius 1 is 1.25 bits per heavy atom. The molecule has 0 atom stereocenters. The van der Waals surface area contributed by atoms with Gasteiger partial charge in [0.25, 0.3) is 5.56 Å². The van der Waals surface area contributed by atoms with Crippen LogP contribution in [0.5, 0.6) is 0 Å². The van der Waals surface area contributed by atoms with Crippen molar-refractivity contribution >= 4 is 6.29 Å². The van der Waals surface area contributed by atoms with Crippen molar-refractivity contribution in [2.45, 2.75) is 0 Å². The summed E-state index contributed by atoms with van der Waals surface area (Å²) in [7, 11) is 2.80. The van der Waals surface area contributed by atoms with Crippen LogP contribution >= 0.6 is 0 Å². The van der Waals surface area contributed by atoms with Gasteiger partial charge in [0.15, 0.2) is 6.29 Å². The largest absolute Gasteiger partial charge is 0.331 e. The monoisotopic (exact) mass is 168 g/mol. The fourth-order valence-electron chi connectivity index (χ4n) is 0.863. The first-order valence-electron chi connectivity index (χ1n) is 3.30. The van der Waals surface area contributed by atoms with Crippen LogP contribution in [0.1, 0.15) is 10.5 Å². The Morgan fingerprint density at radius 3 is 2.33 bits per heavy atom. The van der Waals surface area contributed by atoms with Crippen LogP contribution in [0.15, 0.2) is 15.7 Å². The van der Waals surface area contributed by atoms with Crippen molar-refractivity contribution in [1.29, 1.82) is 0 Å². The molecule has 0 radical (unpaired) electrons. The maximum atomic E-state index is 11.1. The Hall–Kier alpha value is -1.65. The molecule has 0 N–H and O–H groups in total. The molecular formula is C7H8N2O3. The number of aldehydes is 1. The highest BCUT2D eigenvalue weighted by molar-refractivity contribution is 5.71. The van der Waals surface area contributed by atoms with Crippen LogP contribution in [0.4, 0.5) is 0 Å². The molecular weight excluding hydrogens is 160 g/mol. The molecule has 1 heterocycles. The minimum atomic E-state index is -0.496. The molecule has 12 heavy (non-hydrogen) atoms. The molecule has 0 aliphatic rings. The Balaban J connectivity index is 3.73. The van der Waals surface area contributed by atoms with Crippen LogP contribution in [-0.4, -0.2) is 15.4 Å². The second kappa shape index (κ2) is 2.77. The summed E-state index contributed by atoms with van der Waals surface area (Å²) in [4.78, 5) is 32.4. The maximum absolute atomic E-state index is 11.1. The molecule has 5 nitrogen and oxygen atoms in total. The smallest absolute Gasteiger partial charge is 0.296 e. The SMILES string of the molecule is Cn1c(C=O)cc(=O)n(C)c1=O. The van der Waals surface area contributed by atoms with Crippen molar-refractivity contribution in [2.75, 3.05) is 0 Å². The molecule has 0 bridgehead atoms. The Labute approximate surface area is 67.9 Å². The zero-order valence-electron chi connectivity index (χ0n) is 6.77. The number of carbonyl (C=O) groups excluding carboxylic acids is 1. The van der Waals surface area contributed by atoms with E-state index in [2.05, 4.69) is 0 Å². The summed E-state index contributed by atoms with van der Waals surface area (Å²) < 4.78 is 2.06. The summed E-state index contributed by atoms with van der Waals surface area (Å²) in [6.07, 6.45) is 0.475. The normalized spacial score (nSPS) is 9.83. The summed E-state index contributed by atoms with van der Waals surface area (Å²) in [5.74, 6) is 0. The van der Waals surface area contributed by atoms with E-state index < -0.39 is 11.2 Å². The van der Waals surface area contributed by atoms with Gasteiger partial charge in [0.2, 0.25) is 0 Å². The van der Waals surface area contributed by atoms with Gasteiger partial charge in [-0.15, -0.1) is 0 Å². The van der Waals surface area contributed by atoms with E-state index in [1.807, 2.05) is 0 Å². The Bertz CT molecular complexity index is 427. The van der Waals surface area contributed by atoms with Crippen molar-refractivity contribution < 1.29 is 4.79 Å². The van der Waals surface area contributed by atoms with Crippen molar-refractivity contribution in [3.63, 3.8) is 0 Å². The number of hydrogen-bond donors (Lipinski definition) is 0. The van der Waals surface area contributed by atoms with Crippen molar-refractivity contribution in [1.82, 2.24) is 9.13 Å². The first kappa shape index (κ1) is 8.45. The lowest BCUT2D eigenvalue weighted by atomic mass is 10.4. The van der Waals surface area contributed by atoms with Gasteiger partial charge in [-0.2, -0.15) is 0 Å². The fraction of sp³-hybridized carbons (Fsp3) is 0.286. The topological polar surface area (TPSA) is 61.1 Å². The van der Waals surface area contributed by atoms with Crippen molar-refractivity contribution in [3.05, 3.63) is 32.6 Å². The van der Waals surface area contributed by atoms with Crippen LogP contribution in [-0.2, 0) is 14.1 Å². The number of carbonyl (C=O) groups is 1. The van der Waals surface area contributed by atoms with E-state index in [1.165, 1.54) is 14.1 Å². The van der Waals surface area contributed by atoms with E-state index >= 15 is 0 Å². The first-order valence-corrected chi connectivity index (χ1v) is 3.30. The average molecular weight is 168 g/mol. The lowest BCUT2D eigenvalue weighted by molar-refractivity contribution is 0.111. The number of nitrogens with zero attached hydrogens (tertiary/aromatic N) is 2. The zero-order valence-corrected chi connectivity index (χ0v) is 6.77. The van der Waals surface area contributed by atoms with E-state index in [1.54, 1.807) is 0 Å². The average Bonchev–Trinajstić information content (AvgIpc) is 2.08. The predicted molar refractivity (Wildman–Crippen MR) is 42.3 cm³/mol. The van der Waals surface area contributed by atoms with Gasteiger partial charge in [-0.25, -0.2) is 4.79 Å². The van der Waals surface area contributed by atoms with Gasteiger partial charge in [0.05, 0.1) is 5.69 Å². The summed E-state index contributed by atoms with van der Waals surface area (Å²) in [6, 6.07) is 1.12. The zero-order chi connectivity index (χ0) is 9.30. The van der Waals surface area contributed by atoms with Crippen molar-refractivity contribution in [3.8, 4) is 0 Å². The number of aromatic nitrogens is 2. The molecule has 0 fully saturated rings. The Morgan fingerprint density at radius 2 is 1.83 bits per heavy atom. The third kappa shape index (κ3) is 1.09. The molecule has 1 aromatic heterocycles. The molecule has 0 aromatic carbocycles. The molecule has 5 heteroatoms. The van der Waals surface area contributed by atoms with Crippen molar-refractivity contribution in [2.24, 2.45) is 14.1 Å². The first-order chi connectivity index (χ1) is 5.57. The summed E-state index contributed by atoms with van der Waals surface area (Å²) >= 11 is 0. The highest BCUT2D eigenvalue weighted by Gasteiger charge is 2.03. The molecule has 0 unspecified atom stereocenters. The van der Waals surface area contributed by atoms with Gasteiger partial charge in [-0.3, -0.25) is 18.7 Å². The lowest BCUT2D eigenvalue weighted by Crippen LogP contribution is -2.37. The van der Waals surface area contributed by atoms with Gasteiger partial charge >= 0.3 is 5.69 Å². The lowest BCUT2D eigenvalue weighted by Gasteiger charge is -2.02. The Kier molecular flexibility index (Phi) is 1.95. The minimum absolute atomic E-state index is 0.0862. The fourth-order valence-corrected chi connectivity index (χ4v) is 0.863. The molecule has 1 rings (SSSR count). The summed E-state index contributed by atoms with van der Waals surface area (Å²) in [5.41, 5.74) is -0.882. The third-order valence-electron chi connectivity index (χ3n) is 1.68. The van der Waals surface area contributed by atoms with E-state index in [0.717, 1.165) is 15.2 Å². The van der Waals surface area contributed by atoms with Gasteiger partial charge in [0.1, 0.15) is 0 Å². The molecule has 64 valence electrons. The maximum Gasteiger partial charge on any atom is 0.331 e. The standard InChI is InChI=1S/C7H8N2O3/c1-8-5(4-10)3-6(11)9(2)7(8)12/h3-4H,1-2H3. The van der Waals surface area contributed by atoms with Crippen LogP contribution < -0.4 is 11.2 Å². The summed E-state index contributed by atoms with van der Waals surface area (Å²) in [6.45, 7) is 0. The van der Waals surface area contributed by atoms with Crippen LogP contribution in [0.3, 0.4) is 0 Å². The van der Waals surface area contributed by atoms with E-state index in [9.17, 15) is 14.4 Å². The van der Waals surface area contributed by atoms with E-state index in [0.29, 0.717) is 6.29 Å². The van der Waals surface area contributed by atoms with E-state index in [4.69, 9.17) is 0 Å². The van der Waals surface area contributed by atoms with Crippen LogP contribution in [0.2, 0.25) is 0 Å². The molecule has 0 saturated heterocycles. The van der Waals surface area contributed by atoms with Gasteiger partial charge in [-0.1, -0.05) is 0 Å². The molecule has 0 saturated carbocycles. The van der Waals surface area contributed by atoms with Crippen LogP contribution in [0, 0.1) is 0 Å². The van der Waals surface area contributed by atoms with Gasteiger partial charge in [0, 0.05) is 20.2 Å². The second-order valence-electron chi connectivity index (χ2n) is 2.43. The molecule has 0 spiro atoms. The van der Waals surface area contributed by atoms with E-state index in [-0.39, 0.29) is 5.69 Å². The quantitative estimate of drug-likeness (QED) is 0.500. The molecule has 0 aliphatic heterocycles. The van der Waals surface area contributed by atoms with Crippen LogP contribution in [0.25, 0.3) is 0 Å². The minimum Gasteiger partial charge on any atom is -0.296 e. The predicted octanol–water partition coefficient (Wildman–Crippen LogP) is -1.10. The summed E-state index contributed by atoms with van der Waals surface area (Å²) in [5, 5.41) is 0. The third-order valence-corrected chi connectivity index (χ3v) is 1.68. The molecule has 1 aromatic rings. The highest BCUT2D eigenvalue weighted by Crippen LogP contribution is 1.82. The molecule has 0 aliphatic carbocycles. The highest BCUT2D eigenvalue weighted by atomic mass is 16.2. The van der Waals surface area contributed by atoms with Gasteiger partial charge in [-0.05, 0) is 0 Å². The molecule has 0 amide bonds.